The molecule has 192 valence electrons. The Morgan fingerprint density at radius 1 is 1.11 bits per heavy atom. The average molecular weight is 493 g/mol. The maximum atomic E-state index is 12.0. The van der Waals surface area contributed by atoms with Crippen molar-refractivity contribution in [3.05, 3.63) is 65.7 Å². The van der Waals surface area contributed by atoms with Crippen LogP contribution >= 0.6 is 0 Å². The van der Waals surface area contributed by atoms with Gasteiger partial charge in [-0.25, -0.2) is 0 Å². The van der Waals surface area contributed by atoms with Crippen molar-refractivity contribution in [1.82, 2.24) is 14.8 Å². The minimum atomic E-state index is -0.204. The largest absolute Gasteiger partial charge is 0.478 e. The quantitative estimate of drug-likeness (QED) is 0.538. The predicted molar refractivity (Wildman–Crippen MR) is 138 cm³/mol. The molecule has 0 spiro atoms. The topological polar surface area (TPSA) is 76.2 Å². The zero-order chi connectivity index (χ0) is 25.0. The predicted octanol–water partition coefficient (Wildman–Crippen LogP) is 4.44. The summed E-state index contributed by atoms with van der Waals surface area (Å²) < 4.78 is 17.6. The summed E-state index contributed by atoms with van der Waals surface area (Å²) in [5.41, 5.74) is 2.04. The molecule has 1 saturated heterocycles. The lowest BCUT2D eigenvalue weighted by atomic mass is 9.79. The first-order chi connectivity index (χ1) is 17.5. The molecule has 0 unspecified atom stereocenters. The molecule has 3 aliphatic heterocycles. The average Bonchev–Trinajstić information content (AvgIpc) is 2.89. The van der Waals surface area contributed by atoms with Crippen molar-refractivity contribution in [3.8, 4) is 5.88 Å². The van der Waals surface area contributed by atoms with Crippen molar-refractivity contribution in [2.45, 2.75) is 51.4 Å². The van der Waals surface area contributed by atoms with Crippen LogP contribution in [0.4, 0.5) is 5.82 Å². The molecule has 1 aliphatic carbocycles. The van der Waals surface area contributed by atoms with Gasteiger partial charge in [-0.15, -0.1) is 0 Å². The van der Waals surface area contributed by atoms with Gasteiger partial charge in [0.05, 0.1) is 6.61 Å². The lowest BCUT2D eigenvalue weighted by Gasteiger charge is -2.36. The van der Waals surface area contributed by atoms with Gasteiger partial charge in [-0.05, 0) is 43.9 Å². The summed E-state index contributed by atoms with van der Waals surface area (Å²) in [5, 5.41) is 2.88. The Hall–Kier alpha value is -3.26. The van der Waals surface area contributed by atoms with Crippen LogP contribution in [0.25, 0.3) is 0 Å². The number of hydrogen-bond donors (Lipinski definition) is 1. The van der Waals surface area contributed by atoms with Crippen LogP contribution in [0, 0.1) is 0 Å². The number of unbranched alkanes of at least 4 members (excludes halogenated alkanes) is 1. The first kappa shape index (κ1) is 24.4. The van der Waals surface area contributed by atoms with Gasteiger partial charge in [0.15, 0.2) is 12.0 Å². The van der Waals surface area contributed by atoms with Gasteiger partial charge >= 0.3 is 0 Å². The number of nitrogens with one attached hydrogen (secondary N) is 1. The highest BCUT2D eigenvalue weighted by molar-refractivity contribution is 5.94. The highest BCUT2D eigenvalue weighted by atomic mass is 16.6. The normalized spacial score (nSPS) is 21.3. The molecule has 4 aliphatic rings. The van der Waals surface area contributed by atoms with Crippen LogP contribution in [0.1, 0.15) is 51.5 Å². The van der Waals surface area contributed by atoms with Gasteiger partial charge in [0.1, 0.15) is 12.1 Å². The van der Waals surface area contributed by atoms with Crippen LogP contribution in [-0.4, -0.2) is 60.0 Å². The van der Waals surface area contributed by atoms with E-state index in [1.165, 1.54) is 5.57 Å². The Bertz CT molecular complexity index is 1100. The van der Waals surface area contributed by atoms with Crippen molar-refractivity contribution < 1.29 is 19.0 Å². The Morgan fingerprint density at radius 2 is 1.97 bits per heavy atom. The molecular weight excluding hydrogens is 456 g/mol. The number of ether oxygens (including phenoxy) is 3. The summed E-state index contributed by atoms with van der Waals surface area (Å²) >= 11 is 0. The monoisotopic (exact) mass is 492 g/mol. The molecule has 8 heteroatoms. The lowest BCUT2D eigenvalue weighted by Crippen LogP contribution is -2.46. The Morgan fingerprint density at radius 3 is 2.72 bits per heavy atom. The van der Waals surface area contributed by atoms with Crippen molar-refractivity contribution in [3.63, 3.8) is 0 Å². The summed E-state index contributed by atoms with van der Waals surface area (Å²) in [6.45, 7) is 9.62. The standard InChI is InChI=1S/C28H36N4O4/c1-28(2)18-24(33)29-27-22(28)10-11-25(30-27)34-17-7-6-12-31-13-15-32(16-14-31)26-20-35-23(19-36-26)21-8-4-3-5-9-21/h3-4,8,10-11,19-20H,5-7,9,12-18H2,1-2H3,(H,29,30,33). The summed E-state index contributed by atoms with van der Waals surface area (Å²) in [7, 11) is 0. The third-order valence-electron chi connectivity index (χ3n) is 7.17. The number of hydrogen-bond acceptors (Lipinski definition) is 7. The molecule has 0 atom stereocenters. The molecule has 1 aromatic heterocycles. The molecule has 0 bridgehead atoms. The minimum Gasteiger partial charge on any atom is -0.478 e. The third-order valence-corrected chi connectivity index (χ3v) is 7.17. The fraction of sp³-hybridized carbons (Fsp3) is 0.500. The number of anilines is 1. The molecule has 1 aromatic rings. The van der Waals surface area contributed by atoms with Crippen LogP contribution < -0.4 is 10.1 Å². The van der Waals surface area contributed by atoms with Gasteiger partial charge in [0.25, 0.3) is 0 Å². The number of allylic oxidation sites excluding steroid dienone is 4. The van der Waals surface area contributed by atoms with Gasteiger partial charge in [-0.2, -0.15) is 4.98 Å². The van der Waals surface area contributed by atoms with Crippen molar-refractivity contribution in [1.29, 1.82) is 0 Å². The third kappa shape index (κ3) is 5.75. The molecule has 4 heterocycles. The highest BCUT2D eigenvalue weighted by Crippen LogP contribution is 2.37. The van der Waals surface area contributed by atoms with E-state index in [0.29, 0.717) is 24.7 Å². The second-order valence-electron chi connectivity index (χ2n) is 10.4. The number of carbonyl (C=O) groups is 1. The molecule has 0 radical (unpaired) electrons. The lowest BCUT2D eigenvalue weighted by molar-refractivity contribution is -0.117. The van der Waals surface area contributed by atoms with E-state index < -0.39 is 0 Å². The maximum absolute atomic E-state index is 12.0. The van der Waals surface area contributed by atoms with E-state index in [1.54, 1.807) is 12.5 Å². The fourth-order valence-electron chi connectivity index (χ4n) is 5.03. The zero-order valence-electron chi connectivity index (χ0n) is 21.3. The molecule has 1 N–H and O–H groups in total. The summed E-state index contributed by atoms with van der Waals surface area (Å²) in [5.74, 6) is 2.80. The van der Waals surface area contributed by atoms with Gasteiger partial charge < -0.3 is 24.4 Å². The van der Waals surface area contributed by atoms with Gasteiger partial charge in [-0.3, -0.25) is 9.69 Å². The molecule has 1 fully saturated rings. The van der Waals surface area contributed by atoms with Crippen LogP contribution in [0.5, 0.6) is 5.88 Å². The van der Waals surface area contributed by atoms with E-state index in [2.05, 4.69) is 52.2 Å². The number of rotatable bonds is 8. The Labute approximate surface area is 213 Å². The van der Waals surface area contributed by atoms with E-state index in [9.17, 15) is 4.79 Å². The molecule has 1 amide bonds. The number of piperazine rings is 1. The number of carbonyl (C=O) groups excluding carboxylic acids is 1. The Kier molecular flexibility index (Phi) is 7.32. The second-order valence-corrected chi connectivity index (χ2v) is 10.4. The van der Waals surface area contributed by atoms with E-state index in [4.69, 9.17) is 14.2 Å². The molecule has 8 nitrogen and oxygen atoms in total. The summed E-state index contributed by atoms with van der Waals surface area (Å²) in [4.78, 5) is 21.2. The zero-order valence-corrected chi connectivity index (χ0v) is 21.3. The number of nitrogens with zero attached hydrogens (tertiary/aromatic N) is 3. The van der Waals surface area contributed by atoms with Gasteiger partial charge in [-0.1, -0.05) is 32.1 Å². The maximum Gasteiger partial charge on any atom is 0.231 e. The smallest absolute Gasteiger partial charge is 0.231 e. The molecule has 0 aromatic carbocycles. The number of amides is 1. The highest BCUT2D eigenvalue weighted by Gasteiger charge is 2.33. The van der Waals surface area contributed by atoms with Gasteiger partial charge in [0, 0.05) is 49.6 Å². The number of aromatic nitrogens is 1. The Balaban J connectivity index is 0.992. The van der Waals surface area contributed by atoms with E-state index >= 15 is 0 Å². The van der Waals surface area contributed by atoms with E-state index in [1.807, 2.05) is 12.1 Å². The van der Waals surface area contributed by atoms with Crippen LogP contribution in [0.3, 0.4) is 0 Å². The van der Waals surface area contributed by atoms with Crippen molar-refractivity contribution in [2.75, 3.05) is 44.6 Å². The summed E-state index contributed by atoms with van der Waals surface area (Å²) in [6.07, 6.45) is 14.3. The first-order valence-electron chi connectivity index (χ1n) is 13.0. The summed E-state index contributed by atoms with van der Waals surface area (Å²) in [6, 6.07) is 3.93. The molecule has 36 heavy (non-hydrogen) atoms. The molecule has 5 rings (SSSR count). The van der Waals surface area contributed by atoms with E-state index in [-0.39, 0.29) is 11.3 Å². The molecule has 0 saturated carbocycles. The van der Waals surface area contributed by atoms with Crippen LogP contribution in [-0.2, 0) is 19.7 Å². The fourth-order valence-corrected chi connectivity index (χ4v) is 5.03. The minimum absolute atomic E-state index is 0.00656. The second kappa shape index (κ2) is 10.8. The number of pyridine rings is 1. The van der Waals surface area contributed by atoms with Crippen LogP contribution in [0.2, 0.25) is 0 Å². The van der Waals surface area contributed by atoms with E-state index in [0.717, 1.165) is 75.6 Å². The number of fused-ring (bicyclic) bond motifs is 1. The van der Waals surface area contributed by atoms with Crippen molar-refractivity contribution in [2.24, 2.45) is 0 Å². The van der Waals surface area contributed by atoms with Crippen LogP contribution in [0.15, 0.2) is 60.1 Å². The first-order valence-corrected chi connectivity index (χ1v) is 13.0. The molecular formula is C28H36N4O4. The van der Waals surface area contributed by atoms with Gasteiger partial charge in [0.2, 0.25) is 17.7 Å². The SMILES string of the molecule is CC1(C)CC(=O)Nc2nc(OCCCCN3CCN(C4=COC(C5=CC=CCC5)=CO4)CC3)ccc21. The van der Waals surface area contributed by atoms with Crippen molar-refractivity contribution >= 4 is 11.7 Å².